The van der Waals surface area contributed by atoms with Crippen LogP contribution in [-0.4, -0.2) is 7.05 Å². The maximum atomic E-state index is 2.53. The molecular formula is C75H80N2. The van der Waals surface area contributed by atoms with E-state index in [1.165, 1.54) is 117 Å². The van der Waals surface area contributed by atoms with E-state index in [1.54, 1.807) is 0 Å². The number of allylic oxidation sites excluding steroid dienone is 4. The second-order valence-corrected chi connectivity index (χ2v) is 21.5. The number of fused-ring (bicyclic) bond motifs is 10. The fourth-order valence-electron chi connectivity index (χ4n) is 10.6. The summed E-state index contributed by atoms with van der Waals surface area (Å²) in [6.45, 7) is 27.6. The van der Waals surface area contributed by atoms with Crippen LogP contribution in [0.15, 0.2) is 217 Å². The Hall–Kier alpha value is -7.94. The summed E-state index contributed by atoms with van der Waals surface area (Å²) >= 11 is 0. The van der Waals surface area contributed by atoms with Gasteiger partial charge in [-0.3, -0.25) is 0 Å². The number of hydrogen-bond donors (Lipinski definition) is 0. The van der Waals surface area contributed by atoms with E-state index in [9.17, 15) is 0 Å². The first kappa shape index (κ1) is 55.3. The standard InChI is InChI=1S/C56H48N2.C9H16.C8H10.C2H6/c1-36-7-16-41(17-8-36)32-42-18-28-49-48-27-15-40(5)31-52(48)56(53(49)33-42)54-34-46(57(6)43-19-9-37(2)10-20-43)25-29-50(54)51-30-26-47(35-55(51)56)58(44-21-11-38(3)12-22-44)45-23-13-39(4)14-24-45;1-5-9(4)7-6-8(2)3;1-7-3-5-8(2)6-4-7;1-2/h7-31,33-35H,32H2,1-6H3;6-7H,5H2,1-4H3;3-6H,1-2H3;1-2H3/b;9-7+;;. The van der Waals surface area contributed by atoms with Gasteiger partial charge in [-0.15, -0.1) is 0 Å². The lowest BCUT2D eigenvalue weighted by Crippen LogP contribution is -2.27. The molecule has 11 rings (SSSR count). The van der Waals surface area contributed by atoms with Crippen LogP contribution in [0.4, 0.5) is 28.4 Å². The molecule has 2 aliphatic carbocycles. The van der Waals surface area contributed by atoms with Crippen LogP contribution in [0.2, 0.25) is 0 Å². The van der Waals surface area contributed by atoms with E-state index in [2.05, 4.69) is 299 Å². The molecule has 1 unspecified atom stereocenters. The number of aryl methyl sites for hydroxylation is 7. The maximum absolute atomic E-state index is 2.53. The van der Waals surface area contributed by atoms with E-state index in [-0.39, 0.29) is 0 Å². The minimum Gasteiger partial charge on any atom is -0.345 e. The molecule has 1 atom stereocenters. The summed E-state index contributed by atoms with van der Waals surface area (Å²) in [5.41, 5.74) is 30.3. The number of rotatable bonds is 9. The van der Waals surface area contributed by atoms with E-state index in [4.69, 9.17) is 0 Å². The third-order valence-corrected chi connectivity index (χ3v) is 15.1. The van der Waals surface area contributed by atoms with Crippen LogP contribution in [0.5, 0.6) is 0 Å². The van der Waals surface area contributed by atoms with Gasteiger partial charge in [0.15, 0.2) is 0 Å². The van der Waals surface area contributed by atoms with Gasteiger partial charge in [0, 0.05) is 35.5 Å². The van der Waals surface area contributed by atoms with Gasteiger partial charge in [0.25, 0.3) is 0 Å². The molecule has 0 aromatic heterocycles. The fourth-order valence-corrected chi connectivity index (χ4v) is 10.6. The van der Waals surface area contributed by atoms with E-state index in [0.717, 1.165) is 29.9 Å². The van der Waals surface area contributed by atoms with Gasteiger partial charge in [-0.1, -0.05) is 216 Å². The highest BCUT2D eigenvalue weighted by Crippen LogP contribution is 2.64. The van der Waals surface area contributed by atoms with E-state index >= 15 is 0 Å². The van der Waals surface area contributed by atoms with Gasteiger partial charge in [0.05, 0.1) is 5.41 Å². The smallest absolute Gasteiger partial charge is 0.0727 e. The molecule has 9 aromatic rings. The molecule has 0 bridgehead atoms. The summed E-state index contributed by atoms with van der Waals surface area (Å²) in [6.07, 6.45) is 6.36. The van der Waals surface area contributed by atoms with Gasteiger partial charge in [-0.25, -0.2) is 0 Å². The summed E-state index contributed by atoms with van der Waals surface area (Å²) in [5.74, 6) is 0. The molecule has 0 heterocycles. The average Bonchev–Trinajstić information content (AvgIpc) is 4.13. The van der Waals surface area contributed by atoms with Crippen molar-refractivity contribution in [2.75, 3.05) is 16.8 Å². The first-order valence-corrected chi connectivity index (χ1v) is 27.8. The first-order valence-electron chi connectivity index (χ1n) is 27.8. The molecule has 0 aliphatic heterocycles. The van der Waals surface area contributed by atoms with Crippen molar-refractivity contribution in [2.24, 2.45) is 0 Å². The predicted octanol–water partition coefficient (Wildman–Crippen LogP) is 21.0. The second kappa shape index (κ2) is 24.4. The Morgan fingerprint density at radius 3 is 1.17 bits per heavy atom. The third kappa shape index (κ3) is 12.0. The van der Waals surface area contributed by atoms with Crippen LogP contribution in [0.25, 0.3) is 22.3 Å². The molecule has 0 saturated heterocycles. The molecule has 9 aromatic carbocycles. The lowest BCUT2D eigenvalue weighted by Gasteiger charge is -2.33. The minimum absolute atomic E-state index is 0.531. The molecule has 0 N–H and O–H groups in total. The van der Waals surface area contributed by atoms with Gasteiger partial charge >= 0.3 is 0 Å². The lowest BCUT2D eigenvalue weighted by molar-refractivity contribution is 0.790. The first-order chi connectivity index (χ1) is 37.1. The van der Waals surface area contributed by atoms with Crippen molar-refractivity contribution in [3.63, 3.8) is 0 Å². The molecular weight excluding hydrogens is 929 g/mol. The van der Waals surface area contributed by atoms with Crippen LogP contribution in [0, 0.1) is 48.5 Å². The number of anilines is 5. The Bertz CT molecular complexity index is 3450. The fraction of sp³-hybridized carbons (Fsp3) is 0.227. The molecule has 0 saturated carbocycles. The van der Waals surface area contributed by atoms with Crippen molar-refractivity contribution < 1.29 is 0 Å². The number of nitrogens with zero attached hydrogens (tertiary/aromatic N) is 2. The highest BCUT2D eigenvalue weighted by molar-refractivity contribution is 5.97. The van der Waals surface area contributed by atoms with Gasteiger partial charge in [0.1, 0.15) is 0 Å². The molecule has 390 valence electrons. The third-order valence-electron chi connectivity index (χ3n) is 15.1. The quantitative estimate of drug-likeness (QED) is 0.133. The Kier molecular flexibility index (Phi) is 17.5. The van der Waals surface area contributed by atoms with Crippen LogP contribution in [-0.2, 0) is 11.8 Å². The highest BCUT2D eigenvalue weighted by Gasteiger charge is 2.52. The topological polar surface area (TPSA) is 6.48 Å². The molecule has 0 fully saturated rings. The molecule has 2 aliphatic rings. The Morgan fingerprint density at radius 2 is 0.701 bits per heavy atom. The summed E-state index contributed by atoms with van der Waals surface area (Å²) in [4.78, 5) is 4.76. The van der Waals surface area contributed by atoms with Crippen molar-refractivity contribution in [2.45, 2.75) is 108 Å². The van der Waals surface area contributed by atoms with Crippen molar-refractivity contribution in [1.82, 2.24) is 0 Å². The average molecular weight is 1010 g/mol. The summed E-state index contributed by atoms with van der Waals surface area (Å²) in [7, 11) is 2.20. The van der Waals surface area contributed by atoms with Crippen molar-refractivity contribution >= 4 is 28.4 Å². The second-order valence-electron chi connectivity index (χ2n) is 21.5. The SMILES string of the molecule is CC.CC/C(C)=C/C=C(C)C.Cc1ccc(C)cc1.Cc1ccc(Cc2ccc3c(c2)C2(c4cc(C)ccc4-3)c3cc(N(C)c4ccc(C)cc4)ccc3-c3ccc(N(c4ccc(C)cc4)c4ccc(C)cc4)cc32)cc1. The summed E-state index contributed by atoms with van der Waals surface area (Å²) < 4.78 is 0. The Labute approximate surface area is 463 Å². The van der Waals surface area contributed by atoms with Gasteiger partial charge in [-0.05, 0) is 198 Å². The Morgan fingerprint density at radius 1 is 0.364 bits per heavy atom. The maximum Gasteiger partial charge on any atom is 0.0727 e. The van der Waals surface area contributed by atoms with Crippen LogP contribution >= 0.6 is 0 Å². The largest absolute Gasteiger partial charge is 0.345 e. The molecule has 0 radical (unpaired) electrons. The van der Waals surface area contributed by atoms with Crippen LogP contribution in [0.1, 0.15) is 120 Å². The highest BCUT2D eigenvalue weighted by atomic mass is 15.1. The zero-order chi connectivity index (χ0) is 55.0. The molecule has 2 heteroatoms. The molecule has 77 heavy (non-hydrogen) atoms. The zero-order valence-electron chi connectivity index (χ0n) is 48.4. The molecule has 1 spiro atoms. The monoisotopic (exact) mass is 1010 g/mol. The van der Waals surface area contributed by atoms with Gasteiger partial charge in [-0.2, -0.15) is 0 Å². The lowest BCUT2D eigenvalue weighted by atomic mass is 9.70. The molecule has 0 amide bonds. The Balaban J connectivity index is 0.000000352. The number of benzene rings is 9. The van der Waals surface area contributed by atoms with E-state index < -0.39 is 5.41 Å². The zero-order valence-corrected chi connectivity index (χ0v) is 48.4. The summed E-state index contributed by atoms with van der Waals surface area (Å²) in [6, 6.07) is 73.0. The number of hydrogen-bond acceptors (Lipinski definition) is 2. The van der Waals surface area contributed by atoms with Gasteiger partial charge in [0.2, 0.25) is 0 Å². The molecule has 2 nitrogen and oxygen atoms in total. The van der Waals surface area contributed by atoms with Crippen molar-refractivity contribution in [3.8, 4) is 22.3 Å². The normalized spacial score (nSPS) is 13.3. The minimum atomic E-state index is -0.531. The van der Waals surface area contributed by atoms with Gasteiger partial charge < -0.3 is 9.80 Å². The van der Waals surface area contributed by atoms with Crippen molar-refractivity contribution in [1.29, 1.82) is 0 Å². The van der Waals surface area contributed by atoms with Crippen LogP contribution < -0.4 is 9.80 Å². The van der Waals surface area contributed by atoms with E-state index in [1.807, 2.05) is 13.8 Å². The van der Waals surface area contributed by atoms with Crippen LogP contribution in [0.3, 0.4) is 0 Å². The van der Waals surface area contributed by atoms with Crippen molar-refractivity contribution in [3.05, 3.63) is 290 Å². The summed E-state index contributed by atoms with van der Waals surface area (Å²) in [5, 5.41) is 0. The van der Waals surface area contributed by atoms with E-state index in [0.29, 0.717) is 0 Å². The predicted molar refractivity (Wildman–Crippen MR) is 336 cm³/mol.